The molecule has 0 heterocycles. The van der Waals surface area contributed by atoms with Gasteiger partial charge in [-0.1, -0.05) is 31.5 Å². The number of hydrogen-bond acceptors (Lipinski definition) is 2. The monoisotopic (exact) mass is 237 g/mol. The summed E-state index contributed by atoms with van der Waals surface area (Å²) in [6, 6.07) is 10.1. The number of hydrogen-bond donors (Lipinski definition) is 2. The van der Waals surface area contributed by atoms with Gasteiger partial charge in [0.2, 0.25) is 0 Å². The number of para-hydroxylation sites is 1. The number of unbranched alkanes of at least 4 members (excludes halogenated alkanes) is 1. The van der Waals surface area contributed by atoms with E-state index < -0.39 is 0 Å². The summed E-state index contributed by atoms with van der Waals surface area (Å²) in [4.78, 5) is 0. The van der Waals surface area contributed by atoms with Crippen molar-refractivity contribution >= 4 is 23.0 Å². The third-order valence-electron chi connectivity index (χ3n) is 2.23. The van der Waals surface area contributed by atoms with Gasteiger partial charge in [0.1, 0.15) is 0 Å². The lowest BCUT2D eigenvalue weighted by Gasteiger charge is -2.22. The van der Waals surface area contributed by atoms with Crippen molar-refractivity contribution in [2.75, 3.05) is 18.6 Å². The fourth-order valence-corrected chi connectivity index (χ4v) is 1.53. The topological polar surface area (TPSA) is 27.3 Å². The van der Waals surface area contributed by atoms with Crippen molar-refractivity contribution < 1.29 is 0 Å². The molecule has 0 spiro atoms. The van der Waals surface area contributed by atoms with Crippen LogP contribution in [0.2, 0.25) is 0 Å². The molecule has 0 unspecified atom stereocenters. The maximum absolute atomic E-state index is 5.18. The molecule has 3 nitrogen and oxygen atoms in total. The Bertz CT molecular complexity index is 313. The highest BCUT2D eigenvalue weighted by molar-refractivity contribution is 7.80. The summed E-state index contributed by atoms with van der Waals surface area (Å²) < 4.78 is 0. The van der Waals surface area contributed by atoms with Gasteiger partial charge in [-0.25, -0.2) is 0 Å². The quantitative estimate of drug-likeness (QED) is 0.467. The lowest BCUT2D eigenvalue weighted by atomic mass is 10.3. The summed E-state index contributed by atoms with van der Waals surface area (Å²) in [5.41, 5.74) is 4.19. The Balaban J connectivity index is 2.34. The van der Waals surface area contributed by atoms with Crippen LogP contribution in [0.25, 0.3) is 0 Å². The SMILES string of the molecule is CCCCNC(=S)NN(C)c1ccccc1. The van der Waals surface area contributed by atoms with Gasteiger partial charge < -0.3 is 5.32 Å². The average Bonchev–Trinajstić information content (AvgIpc) is 2.30. The Morgan fingerprint density at radius 1 is 1.31 bits per heavy atom. The second kappa shape index (κ2) is 7.06. The number of thiocarbonyl (C=S) groups is 1. The highest BCUT2D eigenvalue weighted by atomic mass is 32.1. The van der Waals surface area contributed by atoms with Gasteiger partial charge in [0.25, 0.3) is 0 Å². The van der Waals surface area contributed by atoms with Crippen LogP contribution >= 0.6 is 12.2 Å². The zero-order valence-electron chi connectivity index (χ0n) is 9.86. The van der Waals surface area contributed by atoms with Crippen molar-refractivity contribution in [3.8, 4) is 0 Å². The fraction of sp³-hybridized carbons (Fsp3) is 0.417. The van der Waals surface area contributed by atoms with E-state index in [0.29, 0.717) is 5.11 Å². The van der Waals surface area contributed by atoms with Crippen LogP contribution in [0.4, 0.5) is 5.69 Å². The third kappa shape index (κ3) is 4.49. The molecule has 16 heavy (non-hydrogen) atoms. The largest absolute Gasteiger partial charge is 0.361 e. The van der Waals surface area contributed by atoms with Gasteiger partial charge in [-0.05, 0) is 30.8 Å². The van der Waals surface area contributed by atoms with E-state index in [-0.39, 0.29) is 0 Å². The molecule has 0 aliphatic heterocycles. The first-order valence-electron chi connectivity index (χ1n) is 5.57. The van der Waals surface area contributed by atoms with E-state index in [2.05, 4.69) is 17.7 Å². The molecule has 4 heteroatoms. The Kier molecular flexibility index (Phi) is 5.64. The average molecular weight is 237 g/mol. The van der Waals surface area contributed by atoms with E-state index in [4.69, 9.17) is 12.2 Å². The van der Waals surface area contributed by atoms with E-state index in [0.717, 1.165) is 18.7 Å². The number of nitrogens with one attached hydrogen (secondary N) is 2. The van der Waals surface area contributed by atoms with Crippen LogP contribution in [-0.4, -0.2) is 18.7 Å². The number of nitrogens with zero attached hydrogens (tertiary/aromatic N) is 1. The molecule has 2 N–H and O–H groups in total. The molecule has 0 aromatic heterocycles. The Morgan fingerprint density at radius 3 is 2.62 bits per heavy atom. The molecular weight excluding hydrogens is 218 g/mol. The van der Waals surface area contributed by atoms with E-state index in [1.54, 1.807) is 0 Å². The summed E-state index contributed by atoms with van der Waals surface area (Å²) in [5, 5.41) is 5.73. The maximum atomic E-state index is 5.18. The molecule has 0 fully saturated rings. The van der Waals surface area contributed by atoms with Crippen LogP contribution in [0.15, 0.2) is 30.3 Å². The Hall–Kier alpha value is -1.29. The van der Waals surface area contributed by atoms with Crippen LogP contribution in [0.1, 0.15) is 19.8 Å². The summed E-state index contributed by atoms with van der Waals surface area (Å²) in [7, 11) is 1.95. The van der Waals surface area contributed by atoms with E-state index in [9.17, 15) is 0 Å². The molecule has 0 aliphatic carbocycles. The molecule has 1 rings (SSSR count). The van der Waals surface area contributed by atoms with Crippen LogP contribution in [-0.2, 0) is 0 Å². The van der Waals surface area contributed by atoms with Crippen LogP contribution < -0.4 is 15.8 Å². The van der Waals surface area contributed by atoms with Crippen molar-refractivity contribution in [1.82, 2.24) is 10.7 Å². The van der Waals surface area contributed by atoms with E-state index >= 15 is 0 Å². The molecule has 0 atom stereocenters. The molecule has 1 aromatic rings. The smallest absolute Gasteiger partial charge is 0.185 e. The standard InChI is InChI=1S/C12H19N3S/c1-3-4-10-13-12(16)14-15(2)11-8-6-5-7-9-11/h5-9H,3-4,10H2,1-2H3,(H2,13,14,16). The minimum atomic E-state index is 0.666. The van der Waals surface area contributed by atoms with Crippen molar-refractivity contribution in [2.24, 2.45) is 0 Å². The van der Waals surface area contributed by atoms with Gasteiger partial charge in [0.15, 0.2) is 5.11 Å². The number of hydrazine groups is 1. The number of anilines is 1. The van der Waals surface area contributed by atoms with Crippen molar-refractivity contribution in [3.05, 3.63) is 30.3 Å². The van der Waals surface area contributed by atoms with Gasteiger partial charge in [0, 0.05) is 13.6 Å². The second-order valence-corrected chi connectivity index (χ2v) is 4.02. The molecule has 0 amide bonds. The van der Waals surface area contributed by atoms with Gasteiger partial charge in [-0.2, -0.15) is 0 Å². The van der Waals surface area contributed by atoms with E-state index in [1.807, 2.05) is 42.4 Å². The molecule has 0 bridgehead atoms. The van der Waals surface area contributed by atoms with E-state index in [1.165, 1.54) is 6.42 Å². The van der Waals surface area contributed by atoms with Gasteiger partial charge >= 0.3 is 0 Å². The van der Waals surface area contributed by atoms with Crippen molar-refractivity contribution in [1.29, 1.82) is 0 Å². The van der Waals surface area contributed by atoms with Crippen LogP contribution in [0.5, 0.6) is 0 Å². The molecule has 0 saturated carbocycles. The highest BCUT2D eigenvalue weighted by Crippen LogP contribution is 2.07. The number of rotatable bonds is 5. The summed E-state index contributed by atoms with van der Waals surface area (Å²) in [6.45, 7) is 3.08. The lowest BCUT2D eigenvalue weighted by molar-refractivity contribution is 0.736. The molecule has 1 aromatic carbocycles. The van der Waals surface area contributed by atoms with Crippen molar-refractivity contribution in [3.63, 3.8) is 0 Å². The lowest BCUT2D eigenvalue weighted by Crippen LogP contribution is -2.45. The molecule has 88 valence electrons. The highest BCUT2D eigenvalue weighted by Gasteiger charge is 2.00. The predicted molar refractivity (Wildman–Crippen MR) is 73.5 cm³/mol. The number of benzene rings is 1. The first kappa shape index (κ1) is 12.8. The fourth-order valence-electron chi connectivity index (χ4n) is 1.29. The molecule has 0 radical (unpaired) electrons. The van der Waals surface area contributed by atoms with Crippen LogP contribution in [0.3, 0.4) is 0 Å². The maximum Gasteiger partial charge on any atom is 0.185 e. The molecule has 0 aliphatic rings. The summed E-state index contributed by atoms with van der Waals surface area (Å²) in [6.07, 6.45) is 2.31. The molecule has 0 saturated heterocycles. The van der Waals surface area contributed by atoms with Gasteiger partial charge in [0.05, 0.1) is 5.69 Å². The zero-order chi connectivity index (χ0) is 11.8. The second-order valence-electron chi connectivity index (χ2n) is 3.62. The predicted octanol–water partition coefficient (Wildman–Crippen LogP) is 2.30. The van der Waals surface area contributed by atoms with Crippen molar-refractivity contribution in [2.45, 2.75) is 19.8 Å². The minimum absolute atomic E-state index is 0.666. The van der Waals surface area contributed by atoms with Gasteiger partial charge in [-0.3, -0.25) is 10.4 Å². The van der Waals surface area contributed by atoms with Gasteiger partial charge in [-0.15, -0.1) is 0 Å². The molecular formula is C12H19N3S. The minimum Gasteiger partial charge on any atom is -0.361 e. The third-order valence-corrected chi connectivity index (χ3v) is 2.46. The Morgan fingerprint density at radius 2 is 2.00 bits per heavy atom. The van der Waals surface area contributed by atoms with Crippen LogP contribution in [0, 0.1) is 0 Å². The first-order chi connectivity index (χ1) is 7.74. The Labute approximate surface area is 103 Å². The zero-order valence-corrected chi connectivity index (χ0v) is 10.7. The summed E-state index contributed by atoms with van der Waals surface area (Å²) >= 11 is 5.18. The summed E-state index contributed by atoms with van der Waals surface area (Å²) in [5.74, 6) is 0. The first-order valence-corrected chi connectivity index (χ1v) is 5.98. The normalized spacial score (nSPS) is 9.62.